The Morgan fingerprint density at radius 1 is 1.33 bits per heavy atom. The Balaban J connectivity index is 1.69. The van der Waals surface area contributed by atoms with Crippen molar-refractivity contribution in [1.29, 1.82) is 0 Å². The van der Waals surface area contributed by atoms with E-state index in [1.807, 2.05) is 35.7 Å². The molecule has 0 fully saturated rings. The smallest absolute Gasteiger partial charge is 0.245 e. The third kappa shape index (κ3) is 4.02. The van der Waals surface area contributed by atoms with Crippen molar-refractivity contribution < 1.29 is 4.79 Å². The average Bonchev–Trinajstić information content (AvgIpc) is 3.25. The van der Waals surface area contributed by atoms with E-state index in [-0.39, 0.29) is 5.91 Å². The van der Waals surface area contributed by atoms with Gasteiger partial charge in [-0.3, -0.25) is 4.79 Å². The fourth-order valence-electron chi connectivity index (χ4n) is 2.45. The molecule has 0 aliphatic carbocycles. The number of amides is 1. The number of rotatable bonds is 7. The Morgan fingerprint density at radius 3 is 2.83 bits per heavy atom. The Labute approximate surface area is 143 Å². The summed E-state index contributed by atoms with van der Waals surface area (Å²) >= 11 is 1.55. The third-order valence-corrected chi connectivity index (χ3v) is 4.33. The zero-order valence-corrected chi connectivity index (χ0v) is 14.1. The number of carbonyl (C=O) groups is 1. The predicted molar refractivity (Wildman–Crippen MR) is 90.6 cm³/mol. The van der Waals surface area contributed by atoms with Crippen molar-refractivity contribution in [2.24, 2.45) is 0 Å². The Hall–Kier alpha value is -2.61. The number of hydrogen-bond donors (Lipinski definition) is 1. The third-order valence-electron chi connectivity index (χ3n) is 3.69. The number of nitrogens with one attached hydrogen (secondary N) is 1. The molecule has 8 heteroatoms. The number of hydrogen-bond acceptors (Lipinski definition) is 6. The summed E-state index contributed by atoms with van der Waals surface area (Å²) in [6, 6.07) is 9.38. The lowest BCUT2D eigenvalue weighted by atomic mass is 10.1. The van der Waals surface area contributed by atoms with Gasteiger partial charge in [-0.25, -0.2) is 9.67 Å². The maximum absolute atomic E-state index is 12.7. The summed E-state index contributed by atoms with van der Waals surface area (Å²) in [6.07, 6.45) is 1.25. The molecule has 124 valence electrons. The van der Waals surface area contributed by atoms with Gasteiger partial charge in [0.2, 0.25) is 5.91 Å². The summed E-state index contributed by atoms with van der Waals surface area (Å²) in [4.78, 5) is 16.9. The molecule has 0 bridgehead atoms. The van der Waals surface area contributed by atoms with Crippen molar-refractivity contribution in [3.05, 3.63) is 58.3 Å². The fraction of sp³-hybridized carbons (Fsp3) is 0.312. The highest BCUT2D eigenvalue weighted by atomic mass is 32.1. The summed E-state index contributed by atoms with van der Waals surface area (Å²) in [5.41, 5.74) is 3.84. The molecule has 0 unspecified atom stereocenters. The van der Waals surface area contributed by atoms with E-state index in [4.69, 9.17) is 0 Å². The van der Waals surface area contributed by atoms with Gasteiger partial charge in [0, 0.05) is 24.8 Å². The average molecular weight is 342 g/mol. The number of carbonyl (C=O) groups excluding carboxylic acids is 1. The minimum Gasteiger partial charge on any atom is -0.354 e. The van der Waals surface area contributed by atoms with E-state index < -0.39 is 6.04 Å². The molecular weight excluding hydrogens is 324 g/mol. The second kappa shape index (κ2) is 7.78. The van der Waals surface area contributed by atoms with Gasteiger partial charge in [0.15, 0.2) is 0 Å². The molecule has 3 rings (SSSR count). The largest absolute Gasteiger partial charge is 0.354 e. The first-order valence-corrected chi connectivity index (χ1v) is 8.61. The van der Waals surface area contributed by atoms with Crippen LogP contribution < -0.4 is 5.32 Å². The van der Waals surface area contributed by atoms with E-state index in [9.17, 15) is 4.79 Å². The summed E-state index contributed by atoms with van der Waals surface area (Å²) in [7, 11) is 0. The minimum absolute atomic E-state index is 0.0931. The molecule has 0 aliphatic heterocycles. The van der Waals surface area contributed by atoms with Crippen molar-refractivity contribution in [2.45, 2.75) is 25.8 Å². The topological polar surface area (TPSA) is 85.6 Å². The SMILES string of the molecule is Cc1nnnn1[C@@H](Cc1ccccc1)C(=O)NCCc1cscn1. The van der Waals surface area contributed by atoms with Crippen LogP contribution in [0.5, 0.6) is 0 Å². The molecule has 2 aromatic heterocycles. The highest BCUT2D eigenvalue weighted by Gasteiger charge is 2.23. The van der Waals surface area contributed by atoms with Crippen LogP contribution in [0.15, 0.2) is 41.2 Å². The first-order valence-electron chi connectivity index (χ1n) is 7.67. The molecule has 0 spiro atoms. The highest BCUT2D eigenvalue weighted by molar-refractivity contribution is 7.07. The molecule has 2 heterocycles. The number of thiazole rings is 1. The first kappa shape index (κ1) is 16.3. The molecule has 1 atom stereocenters. The normalized spacial score (nSPS) is 12.0. The molecule has 0 saturated carbocycles. The number of tetrazole rings is 1. The van der Waals surface area contributed by atoms with Gasteiger partial charge in [0.05, 0.1) is 11.2 Å². The summed E-state index contributed by atoms with van der Waals surface area (Å²) in [6.45, 7) is 2.33. The number of aromatic nitrogens is 5. The molecule has 0 aliphatic rings. The van der Waals surface area contributed by atoms with Crippen LogP contribution in [0.3, 0.4) is 0 Å². The van der Waals surface area contributed by atoms with E-state index in [0.29, 0.717) is 25.2 Å². The highest BCUT2D eigenvalue weighted by Crippen LogP contribution is 2.15. The lowest BCUT2D eigenvalue weighted by Crippen LogP contribution is -2.36. The standard InChI is InChI=1S/C16H18N6OS/c1-12-19-20-21-22(12)15(9-13-5-3-2-4-6-13)16(23)17-8-7-14-10-24-11-18-14/h2-6,10-11,15H,7-9H2,1H3,(H,17,23)/t15-/m0/s1. The van der Waals surface area contributed by atoms with Crippen LogP contribution in [0, 0.1) is 6.92 Å². The molecule has 24 heavy (non-hydrogen) atoms. The zero-order valence-electron chi connectivity index (χ0n) is 13.3. The van der Waals surface area contributed by atoms with E-state index in [1.165, 1.54) is 0 Å². The Kier molecular flexibility index (Phi) is 5.27. The van der Waals surface area contributed by atoms with Crippen molar-refractivity contribution in [3.8, 4) is 0 Å². The molecule has 1 N–H and O–H groups in total. The van der Waals surface area contributed by atoms with Crippen LogP contribution in [0.25, 0.3) is 0 Å². The Bertz CT molecular complexity index is 771. The summed E-state index contributed by atoms with van der Waals surface area (Å²) < 4.78 is 1.57. The van der Waals surface area contributed by atoms with Crippen LogP contribution >= 0.6 is 11.3 Å². The minimum atomic E-state index is -0.474. The van der Waals surface area contributed by atoms with Gasteiger partial charge in [-0.2, -0.15) is 0 Å². The van der Waals surface area contributed by atoms with E-state index in [0.717, 1.165) is 11.3 Å². The fourth-order valence-corrected chi connectivity index (χ4v) is 3.04. The second-order valence-electron chi connectivity index (χ2n) is 5.40. The van der Waals surface area contributed by atoms with Gasteiger partial charge in [-0.15, -0.1) is 16.4 Å². The van der Waals surface area contributed by atoms with Gasteiger partial charge in [-0.05, 0) is 22.9 Å². The van der Waals surface area contributed by atoms with E-state index in [2.05, 4.69) is 25.8 Å². The molecule has 1 amide bonds. The van der Waals surface area contributed by atoms with Crippen LogP contribution in [-0.2, 0) is 17.6 Å². The second-order valence-corrected chi connectivity index (χ2v) is 6.12. The molecular formula is C16H18N6OS. The Morgan fingerprint density at radius 2 is 2.17 bits per heavy atom. The molecule has 3 aromatic rings. The van der Waals surface area contributed by atoms with Gasteiger partial charge >= 0.3 is 0 Å². The van der Waals surface area contributed by atoms with Crippen LogP contribution in [-0.4, -0.2) is 37.6 Å². The number of aryl methyl sites for hydroxylation is 1. The quantitative estimate of drug-likeness (QED) is 0.704. The van der Waals surface area contributed by atoms with Crippen molar-refractivity contribution in [2.75, 3.05) is 6.54 Å². The van der Waals surface area contributed by atoms with Crippen LogP contribution in [0.1, 0.15) is 23.1 Å². The van der Waals surface area contributed by atoms with Crippen LogP contribution in [0.4, 0.5) is 0 Å². The van der Waals surface area contributed by atoms with Crippen molar-refractivity contribution in [3.63, 3.8) is 0 Å². The van der Waals surface area contributed by atoms with Gasteiger partial charge in [0.25, 0.3) is 0 Å². The molecule has 0 radical (unpaired) electrons. The van der Waals surface area contributed by atoms with Crippen LogP contribution in [0.2, 0.25) is 0 Å². The lowest BCUT2D eigenvalue weighted by molar-refractivity contribution is -0.124. The van der Waals surface area contributed by atoms with Gasteiger partial charge in [-0.1, -0.05) is 30.3 Å². The molecule has 0 saturated heterocycles. The van der Waals surface area contributed by atoms with E-state index in [1.54, 1.807) is 28.5 Å². The first-order chi connectivity index (χ1) is 11.7. The maximum atomic E-state index is 12.7. The maximum Gasteiger partial charge on any atom is 0.245 e. The number of nitrogens with zero attached hydrogens (tertiary/aromatic N) is 5. The monoisotopic (exact) mass is 342 g/mol. The van der Waals surface area contributed by atoms with E-state index >= 15 is 0 Å². The van der Waals surface area contributed by atoms with Gasteiger partial charge in [0.1, 0.15) is 11.9 Å². The summed E-state index contributed by atoms with van der Waals surface area (Å²) in [5, 5.41) is 16.5. The van der Waals surface area contributed by atoms with Gasteiger partial charge < -0.3 is 5.32 Å². The summed E-state index contributed by atoms with van der Waals surface area (Å²) in [5.74, 6) is 0.523. The predicted octanol–water partition coefficient (Wildman–Crippen LogP) is 1.58. The number of benzene rings is 1. The molecule has 7 nitrogen and oxygen atoms in total. The van der Waals surface area contributed by atoms with Crippen molar-refractivity contribution >= 4 is 17.2 Å². The molecule has 1 aromatic carbocycles. The van der Waals surface area contributed by atoms with Crippen molar-refractivity contribution in [1.82, 2.24) is 30.5 Å². The zero-order chi connectivity index (χ0) is 16.8. The lowest BCUT2D eigenvalue weighted by Gasteiger charge is -2.17.